The Morgan fingerprint density at radius 2 is 2.03 bits per heavy atom. The van der Waals surface area contributed by atoms with E-state index in [2.05, 4.69) is 21.5 Å². The lowest BCUT2D eigenvalue weighted by atomic mass is 9.97. The quantitative estimate of drug-likeness (QED) is 0.708. The zero-order valence-electron chi connectivity index (χ0n) is 16.4. The summed E-state index contributed by atoms with van der Waals surface area (Å²) in [6, 6.07) is 9.34. The first-order chi connectivity index (χ1) is 14.0. The van der Waals surface area contributed by atoms with Gasteiger partial charge in [-0.3, -0.25) is 9.59 Å². The van der Waals surface area contributed by atoms with Crippen LogP contribution in [-0.2, 0) is 0 Å². The molecule has 3 heterocycles. The lowest BCUT2D eigenvalue weighted by Crippen LogP contribution is -2.46. The predicted molar refractivity (Wildman–Crippen MR) is 109 cm³/mol. The number of benzene rings is 1. The fourth-order valence-electron chi connectivity index (χ4n) is 3.73. The molecular formula is C21H22N6O2. The van der Waals surface area contributed by atoms with Crippen molar-refractivity contribution in [2.45, 2.75) is 19.8 Å². The fourth-order valence-corrected chi connectivity index (χ4v) is 3.73. The highest BCUT2D eigenvalue weighted by Crippen LogP contribution is 2.27. The first kappa shape index (κ1) is 18.9. The van der Waals surface area contributed by atoms with Crippen LogP contribution in [0.15, 0.2) is 35.3 Å². The van der Waals surface area contributed by atoms with Crippen LogP contribution in [0.3, 0.4) is 0 Å². The van der Waals surface area contributed by atoms with Crippen LogP contribution >= 0.6 is 0 Å². The SMILES string of the molecule is CC(C)c1c(-c2cccc(C(=O)N3CCNCC3)c2)[nH]c2c(C#N)cnn2c1=O. The van der Waals surface area contributed by atoms with Gasteiger partial charge in [0.2, 0.25) is 0 Å². The molecule has 2 aromatic heterocycles. The number of hydrogen-bond acceptors (Lipinski definition) is 5. The summed E-state index contributed by atoms with van der Waals surface area (Å²) in [5, 5.41) is 16.6. The Bertz CT molecular complexity index is 1180. The lowest BCUT2D eigenvalue weighted by Gasteiger charge is -2.27. The molecule has 2 N–H and O–H groups in total. The summed E-state index contributed by atoms with van der Waals surface area (Å²) < 4.78 is 1.23. The zero-order chi connectivity index (χ0) is 20.5. The molecule has 0 aliphatic carbocycles. The van der Waals surface area contributed by atoms with Crippen LogP contribution in [-0.4, -0.2) is 51.6 Å². The van der Waals surface area contributed by atoms with Gasteiger partial charge >= 0.3 is 0 Å². The molecule has 29 heavy (non-hydrogen) atoms. The van der Waals surface area contributed by atoms with Crippen molar-refractivity contribution in [1.82, 2.24) is 24.8 Å². The van der Waals surface area contributed by atoms with Gasteiger partial charge in [-0.2, -0.15) is 14.9 Å². The van der Waals surface area contributed by atoms with Crippen molar-refractivity contribution in [2.75, 3.05) is 26.2 Å². The third kappa shape index (κ3) is 3.30. The Balaban J connectivity index is 1.86. The Morgan fingerprint density at radius 1 is 1.28 bits per heavy atom. The fraction of sp³-hybridized carbons (Fsp3) is 0.333. The van der Waals surface area contributed by atoms with Gasteiger partial charge in [-0.1, -0.05) is 26.0 Å². The van der Waals surface area contributed by atoms with Crippen molar-refractivity contribution in [3.05, 3.63) is 57.5 Å². The number of nitrogens with zero attached hydrogens (tertiary/aromatic N) is 4. The normalized spacial score (nSPS) is 14.3. The van der Waals surface area contributed by atoms with Crippen molar-refractivity contribution in [1.29, 1.82) is 5.26 Å². The number of carbonyl (C=O) groups excluding carboxylic acids is 1. The molecule has 1 aliphatic heterocycles. The summed E-state index contributed by atoms with van der Waals surface area (Å²) >= 11 is 0. The van der Waals surface area contributed by atoms with Gasteiger partial charge in [0.15, 0.2) is 5.65 Å². The van der Waals surface area contributed by atoms with E-state index in [-0.39, 0.29) is 17.4 Å². The monoisotopic (exact) mass is 390 g/mol. The Labute approximate surface area is 167 Å². The third-order valence-corrected chi connectivity index (χ3v) is 5.20. The molecule has 0 atom stereocenters. The Kier molecular flexibility index (Phi) is 4.91. The molecule has 0 bridgehead atoms. The zero-order valence-corrected chi connectivity index (χ0v) is 16.4. The van der Waals surface area contributed by atoms with Crippen LogP contribution in [0.1, 0.15) is 41.3 Å². The minimum absolute atomic E-state index is 0.0232. The van der Waals surface area contributed by atoms with Crippen molar-refractivity contribution < 1.29 is 4.79 Å². The van der Waals surface area contributed by atoms with Gasteiger partial charge in [0, 0.05) is 37.3 Å². The molecule has 1 saturated heterocycles. The van der Waals surface area contributed by atoms with Gasteiger partial charge in [-0.15, -0.1) is 0 Å². The highest BCUT2D eigenvalue weighted by molar-refractivity contribution is 5.95. The van der Waals surface area contributed by atoms with Gasteiger partial charge in [0.1, 0.15) is 11.6 Å². The Morgan fingerprint density at radius 3 is 2.72 bits per heavy atom. The van der Waals surface area contributed by atoms with Crippen molar-refractivity contribution in [3.63, 3.8) is 0 Å². The number of carbonyl (C=O) groups is 1. The number of fused-ring (bicyclic) bond motifs is 1. The molecule has 8 heteroatoms. The maximum absolute atomic E-state index is 13.0. The second-order valence-electron chi connectivity index (χ2n) is 7.43. The molecule has 0 unspecified atom stereocenters. The maximum Gasteiger partial charge on any atom is 0.278 e. The average Bonchev–Trinajstić information content (AvgIpc) is 3.17. The van der Waals surface area contributed by atoms with Gasteiger partial charge in [0.05, 0.1) is 11.9 Å². The highest BCUT2D eigenvalue weighted by Gasteiger charge is 2.22. The molecule has 0 spiro atoms. The summed E-state index contributed by atoms with van der Waals surface area (Å²) in [7, 11) is 0. The largest absolute Gasteiger partial charge is 0.338 e. The number of nitriles is 1. The van der Waals surface area contributed by atoms with E-state index in [1.165, 1.54) is 10.7 Å². The summed E-state index contributed by atoms with van der Waals surface area (Å²) in [6.45, 7) is 6.78. The van der Waals surface area contributed by atoms with Crippen molar-refractivity contribution in [2.24, 2.45) is 0 Å². The number of aromatic amines is 1. The first-order valence-electron chi connectivity index (χ1n) is 9.65. The number of nitrogens with one attached hydrogen (secondary N) is 2. The average molecular weight is 390 g/mol. The van der Waals surface area contributed by atoms with E-state index in [4.69, 9.17) is 0 Å². The standard InChI is InChI=1S/C21H22N6O2/c1-13(2)17-18(25-19-16(11-22)12-24-27(19)21(17)29)14-4-3-5-15(10-14)20(28)26-8-6-23-7-9-26/h3-5,10,12-13,23,25H,6-9H2,1-2H3. The van der Waals surface area contributed by atoms with Gasteiger partial charge in [-0.25, -0.2) is 0 Å². The van der Waals surface area contributed by atoms with E-state index in [0.29, 0.717) is 41.1 Å². The van der Waals surface area contributed by atoms with Gasteiger partial charge in [0.25, 0.3) is 11.5 Å². The van der Waals surface area contributed by atoms with Crippen LogP contribution in [0.4, 0.5) is 0 Å². The van der Waals surface area contributed by atoms with Crippen molar-refractivity contribution in [3.8, 4) is 17.3 Å². The summed E-state index contributed by atoms with van der Waals surface area (Å²) in [4.78, 5) is 31.0. The van der Waals surface area contributed by atoms with Crippen LogP contribution < -0.4 is 10.9 Å². The predicted octanol–water partition coefficient (Wildman–Crippen LogP) is 1.73. The molecular weight excluding hydrogens is 368 g/mol. The van der Waals surface area contributed by atoms with E-state index in [1.54, 1.807) is 12.1 Å². The molecule has 4 rings (SSSR count). The van der Waals surface area contributed by atoms with Crippen LogP contribution in [0.5, 0.6) is 0 Å². The first-order valence-corrected chi connectivity index (χ1v) is 9.65. The van der Waals surface area contributed by atoms with Gasteiger partial charge in [-0.05, 0) is 23.6 Å². The van der Waals surface area contributed by atoms with E-state index in [1.807, 2.05) is 30.9 Å². The summed E-state index contributed by atoms with van der Waals surface area (Å²) in [6.07, 6.45) is 1.38. The minimum Gasteiger partial charge on any atom is -0.338 e. The third-order valence-electron chi connectivity index (χ3n) is 5.20. The molecule has 0 saturated carbocycles. The second-order valence-corrected chi connectivity index (χ2v) is 7.43. The number of rotatable bonds is 3. The van der Waals surface area contributed by atoms with E-state index >= 15 is 0 Å². The van der Waals surface area contributed by atoms with Crippen LogP contribution in [0, 0.1) is 11.3 Å². The number of amides is 1. The smallest absolute Gasteiger partial charge is 0.278 e. The molecule has 1 fully saturated rings. The number of aromatic nitrogens is 3. The number of hydrogen-bond donors (Lipinski definition) is 2. The molecule has 1 amide bonds. The highest BCUT2D eigenvalue weighted by atomic mass is 16.2. The molecule has 0 radical (unpaired) electrons. The minimum atomic E-state index is -0.260. The topological polar surface area (TPSA) is 106 Å². The number of piperazine rings is 1. The van der Waals surface area contributed by atoms with Crippen LogP contribution in [0.25, 0.3) is 16.9 Å². The molecule has 148 valence electrons. The van der Waals surface area contributed by atoms with Crippen LogP contribution in [0.2, 0.25) is 0 Å². The van der Waals surface area contributed by atoms with Gasteiger partial charge < -0.3 is 15.2 Å². The van der Waals surface area contributed by atoms with E-state index in [0.717, 1.165) is 18.7 Å². The summed E-state index contributed by atoms with van der Waals surface area (Å²) in [5.41, 5.74) is 2.89. The molecule has 8 nitrogen and oxygen atoms in total. The summed E-state index contributed by atoms with van der Waals surface area (Å²) in [5.74, 6) is -0.0923. The lowest BCUT2D eigenvalue weighted by molar-refractivity contribution is 0.0736. The molecule has 1 aliphatic rings. The van der Waals surface area contributed by atoms with E-state index in [9.17, 15) is 14.9 Å². The van der Waals surface area contributed by atoms with E-state index < -0.39 is 0 Å². The maximum atomic E-state index is 13.0. The molecule has 1 aromatic carbocycles. The van der Waals surface area contributed by atoms with Crippen molar-refractivity contribution >= 4 is 11.6 Å². The molecule has 3 aromatic rings. The Hall–Kier alpha value is -3.44. The number of H-pyrrole nitrogens is 1. The second kappa shape index (κ2) is 7.53.